The molecule has 2 aromatic carbocycles. The number of nitrogens with two attached hydrogens (primary N) is 1. The molecular weight excluding hydrogens is 678 g/mol. The lowest BCUT2D eigenvalue weighted by atomic mass is 10.0. The number of amides is 3. The summed E-state index contributed by atoms with van der Waals surface area (Å²) in [4.78, 5) is 61.0. The van der Waals surface area contributed by atoms with Crippen LogP contribution in [-0.4, -0.2) is 67.5 Å². The summed E-state index contributed by atoms with van der Waals surface area (Å²) in [5.74, 6) is -1.72. The zero-order chi connectivity index (χ0) is 37.4. The first-order valence-corrected chi connectivity index (χ1v) is 17.8. The molecule has 0 aliphatic carbocycles. The van der Waals surface area contributed by atoms with Gasteiger partial charge in [0.2, 0.25) is 17.8 Å². The van der Waals surface area contributed by atoms with E-state index in [0.717, 1.165) is 36.0 Å². The SMILES string of the molecule is CCn1nc(C)c2c1C(=O)Nc1nc3cc(C(N)=O)ccc3n1CCCCn1c(nc3cc(C(=O)O)ccc31)NC(=O)c1cc(C)nn1CCCCC2. The number of nitrogens with zero attached hydrogens (tertiary/aromatic N) is 8. The maximum atomic E-state index is 14.1. The number of primary amides is 1. The van der Waals surface area contributed by atoms with Gasteiger partial charge in [0.15, 0.2) is 0 Å². The van der Waals surface area contributed by atoms with Gasteiger partial charge < -0.3 is 20.0 Å². The number of carbonyl (C=O) groups excluding carboxylic acids is 3. The van der Waals surface area contributed by atoms with Crippen molar-refractivity contribution in [2.75, 3.05) is 10.6 Å². The van der Waals surface area contributed by atoms with Crippen molar-refractivity contribution in [2.45, 2.75) is 85.5 Å². The van der Waals surface area contributed by atoms with Crippen LogP contribution in [0.15, 0.2) is 42.5 Å². The minimum Gasteiger partial charge on any atom is -0.478 e. The Morgan fingerprint density at radius 3 is 2.02 bits per heavy atom. The smallest absolute Gasteiger partial charge is 0.335 e. The lowest BCUT2D eigenvalue weighted by Gasteiger charge is -2.13. The van der Waals surface area contributed by atoms with Gasteiger partial charge >= 0.3 is 5.97 Å². The van der Waals surface area contributed by atoms with Crippen LogP contribution < -0.4 is 16.4 Å². The van der Waals surface area contributed by atoms with Gasteiger partial charge in [0.1, 0.15) is 11.4 Å². The fraction of sp³-hybridized carbons (Fsp3) is 0.351. The second-order valence-corrected chi connectivity index (χ2v) is 13.3. The van der Waals surface area contributed by atoms with Gasteiger partial charge in [-0.25, -0.2) is 14.8 Å². The lowest BCUT2D eigenvalue weighted by Crippen LogP contribution is -2.21. The van der Waals surface area contributed by atoms with Crippen LogP contribution in [0.2, 0.25) is 0 Å². The summed E-state index contributed by atoms with van der Waals surface area (Å²) >= 11 is 0. The third-order valence-electron chi connectivity index (χ3n) is 9.69. The Hall–Kier alpha value is -6.32. The second-order valence-electron chi connectivity index (χ2n) is 13.3. The summed E-state index contributed by atoms with van der Waals surface area (Å²) < 4.78 is 7.22. The number of aromatic nitrogens is 8. The fourth-order valence-electron chi connectivity index (χ4n) is 7.10. The Labute approximate surface area is 304 Å². The molecule has 0 fully saturated rings. The number of carboxylic acids is 1. The van der Waals surface area contributed by atoms with Crippen molar-refractivity contribution >= 4 is 57.7 Å². The third kappa shape index (κ3) is 6.86. The van der Waals surface area contributed by atoms with E-state index in [1.54, 1.807) is 39.7 Å². The number of aromatic carboxylic acids is 1. The topological polar surface area (TPSA) is 210 Å². The van der Waals surface area contributed by atoms with Gasteiger partial charge in [-0.05, 0) is 95.3 Å². The summed E-state index contributed by atoms with van der Waals surface area (Å²) in [7, 11) is 0. The average Bonchev–Trinajstić information content (AvgIpc) is 3.86. The molecule has 0 atom stereocenters. The number of anilines is 2. The van der Waals surface area contributed by atoms with Crippen LogP contribution in [0.3, 0.4) is 0 Å². The molecule has 0 spiro atoms. The largest absolute Gasteiger partial charge is 0.478 e. The quantitative estimate of drug-likeness (QED) is 0.195. The van der Waals surface area contributed by atoms with Crippen LogP contribution in [0.5, 0.6) is 0 Å². The Morgan fingerprint density at radius 2 is 1.40 bits per heavy atom. The minimum absolute atomic E-state index is 0.0900. The van der Waals surface area contributed by atoms with Gasteiger partial charge in [-0.2, -0.15) is 10.2 Å². The van der Waals surface area contributed by atoms with Crippen LogP contribution >= 0.6 is 0 Å². The number of hydrogen-bond donors (Lipinski definition) is 4. The zero-order valence-corrected chi connectivity index (χ0v) is 29.8. The highest BCUT2D eigenvalue weighted by molar-refractivity contribution is 6.05. The predicted octanol–water partition coefficient (Wildman–Crippen LogP) is 4.92. The second kappa shape index (κ2) is 14.4. The predicted molar refractivity (Wildman–Crippen MR) is 197 cm³/mol. The fourth-order valence-corrected chi connectivity index (χ4v) is 7.10. The van der Waals surface area contributed by atoms with Crippen molar-refractivity contribution in [3.8, 4) is 0 Å². The summed E-state index contributed by atoms with van der Waals surface area (Å²) in [5.41, 5.74) is 11.6. The van der Waals surface area contributed by atoms with E-state index in [4.69, 9.17) is 10.7 Å². The molecule has 5 heterocycles. The molecule has 6 aromatic rings. The highest BCUT2D eigenvalue weighted by Gasteiger charge is 2.24. The van der Waals surface area contributed by atoms with Gasteiger partial charge in [0.05, 0.1) is 39.0 Å². The van der Waals surface area contributed by atoms with E-state index in [1.165, 1.54) is 12.1 Å². The Balaban J connectivity index is 1.28. The van der Waals surface area contributed by atoms with Crippen LogP contribution in [0, 0.1) is 13.8 Å². The molecule has 1 aliphatic heterocycles. The number of fused-ring (bicyclic) bond motifs is 8. The summed E-state index contributed by atoms with van der Waals surface area (Å²) in [5, 5.41) is 24.9. The van der Waals surface area contributed by atoms with Gasteiger partial charge in [0, 0.05) is 37.3 Å². The lowest BCUT2D eigenvalue weighted by molar-refractivity contribution is 0.0696. The van der Waals surface area contributed by atoms with E-state index < -0.39 is 11.9 Å². The van der Waals surface area contributed by atoms with Crippen molar-refractivity contribution in [3.63, 3.8) is 0 Å². The number of carbonyl (C=O) groups is 4. The van der Waals surface area contributed by atoms with E-state index in [0.29, 0.717) is 96.5 Å². The number of imidazole rings is 2. The number of rotatable bonds is 3. The minimum atomic E-state index is -1.07. The first-order valence-electron chi connectivity index (χ1n) is 17.8. The molecule has 53 heavy (non-hydrogen) atoms. The Bertz CT molecular complexity index is 2410. The summed E-state index contributed by atoms with van der Waals surface area (Å²) in [6, 6.07) is 11.5. The molecule has 5 N–H and O–H groups in total. The molecule has 0 unspecified atom stereocenters. The number of aryl methyl sites for hydroxylation is 6. The molecule has 4 aromatic heterocycles. The number of benzene rings is 2. The number of hydrogen-bond acceptors (Lipinski definition) is 8. The number of nitrogens with one attached hydrogen (secondary N) is 2. The summed E-state index contributed by atoms with van der Waals surface area (Å²) in [6.07, 6.45) is 4.22. The molecule has 3 amide bonds. The van der Waals surface area contributed by atoms with E-state index in [2.05, 4.69) is 25.8 Å². The van der Waals surface area contributed by atoms with Gasteiger partial charge in [-0.15, -0.1) is 0 Å². The van der Waals surface area contributed by atoms with Crippen molar-refractivity contribution in [1.82, 2.24) is 38.7 Å². The summed E-state index contributed by atoms with van der Waals surface area (Å²) in [6.45, 7) is 7.62. The first-order chi connectivity index (χ1) is 25.5. The van der Waals surface area contributed by atoms with Crippen LogP contribution in [0.25, 0.3) is 22.1 Å². The van der Waals surface area contributed by atoms with Gasteiger partial charge in [-0.1, -0.05) is 6.42 Å². The first kappa shape index (κ1) is 35.1. The van der Waals surface area contributed by atoms with E-state index >= 15 is 0 Å². The van der Waals surface area contributed by atoms with Crippen molar-refractivity contribution in [1.29, 1.82) is 0 Å². The van der Waals surface area contributed by atoms with E-state index in [9.17, 15) is 24.3 Å². The monoisotopic (exact) mass is 719 g/mol. The van der Waals surface area contributed by atoms with Crippen LogP contribution in [0.1, 0.15) is 97.7 Å². The zero-order valence-electron chi connectivity index (χ0n) is 29.8. The molecule has 0 saturated carbocycles. The average molecular weight is 720 g/mol. The van der Waals surface area contributed by atoms with Crippen molar-refractivity contribution < 1.29 is 24.3 Å². The maximum Gasteiger partial charge on any atom is 0.335 e. The Kier molecular flexibility index (Phi) is 9.51. The highest BCUT2D eigenvalue weighted by Crippen LogP contribution is 2.27. The van der Waals surface area contributed by atoms with Gasteiger partial charge in [-0.3, -0.25) is 34.4 Å². The molecule has 274 valence electrons. The van der Waals surface area contributed by atoms with Crippen LogP contribution in [-0.2, 0) is 32.6 Å². The standard InChI is InChI=1S/C37H41N11O5/c1-4-47-31-25(22(3)44-47)10-6-5-7-17-48-30(18-21(2)43-48)33(50)41-36-40-27-20-24(35(52)53)12-14-29(27)45(36)15-8-9-16-46-28-13-11-23(32(38)49)19-26(28)39-37(46)42-34(31)51/h11-14,18-20H,4-10,15-17H2,1-3H3,(H2,38,49)(H,52,53)(H,39,42,51)(H,40,41,50). The van der Waals surface area contributed by atoms with Gasteiger partial charge in [0.25, 0.3) is 11.8 Å². The molecule has 16 heteroatoms. The van der Waals surface area contributed by atoms with Crippen LogP contribution in [0.4, 0.5) is 11.9 Å². The Morgan fingerprint density at radius 1 is 0.792 bits per heavy atom. The number of carboxylic acid groups (broad SMARTS) is 1. The third-order valence-corrected chi connectivity index (χ3v) is 9.69. The molecule has 0 bridgehead atoms. The molecular formula is C37H41N11O5. The molecule has 1 aliphatic rings. The van der Waals surface area contributed by atoms with Crippen molar-refractivity contribution in [2.24, 2.45) is 5.73 Å². The molecule has 0 radical (unpaired) electrons. The molecule has 16 nitrogen and oxygen atoms in total. The van der Waals surface area contributed by atoms with E-state index in [1.807, 2.05) is 29.9 Å². The maximum absolute atomic E-state index is 14.1. The van der Waals surface area contributed by atoms with E-state index in [-0.39, 0.29) is 17.4 Å². The highest BCUT2D eigenvalue weighted by atomic mass is 16.4. The molecule has 0 saturated heterocycles. The normalized spacial score (nSPS) is 14.8. The molecule has 7 rings (SSSR count). The van der Waals surface area contributed by atoms with Crippen molar-refractivity contribution in [3.05, 3.63) is 81.9 Å².